The molecule has 0 aromatic heterocycles. The molecule has 0 amide bonds. The van der Waals surface area contributed by atoms with Crippen molar-refractivity contribution in [2.24, 2.45) is 0 Å². The lowest BCUT2D eigenvalue weighted by Gasteiger charge is -2.24. The Hall–Kier alpha value is -1.73. The second-order valence-electron chi connectivity index (χ2n) is 4.64. The summed E-state index contributed by atoms with van der Waals surface area (Å²) < 4.78 is 65.0. The van der Waals surface area contributed by atoms with Gasteiger partial charge in [-0.05, 0) is 37.3 Å². The Labute approximate surface area is 137 Å². The number of benzene rings is 2. The summed E-state index contributed by atoms with van der Waals surface area (Å²) >= 11 is 5.57. The van der Waals surface area contributed by atoms with Crippen molar-refractivity contribution < 1.29 is 21.6 Å². The van der Waals surface area contributed by atoms with Gasteiger partial charge in [0.05, 0.1) is 21.2 Å². The summed E-state index contributed by atoms with van der Waals surface area (Å²) in [6, 6.07) is 10.6. The largest absolute Gasteiger partial charge is 0.417 e. The van der Waals surface area contributed by atoms with Gasteiger partial charge in [-0.25, -0.2) is 8.42 Å². The zero-order valence-corrected chi connectivity index (χ0v) is 13.6. The van der Waals surface area contributed by atoms with Crippen LogP contribution >= 0.6 is 11.6 Å². The number of alkyl halides is 3. The van der Waals surface area contributed by atoms with Gasteiger partial charge in [-0.15, -0.1) is 0 Å². The third-order valence-corrected chi connectivity index (χ3v) is 5.41. The molecule has 0 atom stereocenters. The minimum atomic E-state index is -4.66. The van der Waals surface area contributed by atoms with Crippen LogP contribution in [0.3, 0.4) is 0 Å². The minimum Gasteiger partial charge on any atom is -0.267 e. The van der Waals surface area contributed by atoms with Gasteiger partial charge >= 0.3 is 6.18 Å². The second kappa shape index (κ2) is 6.41. The maximum Gasteiger partial charge on any atom is 0.417 e. The third-order valence-electron chi connectivity index (χ3n) is 3.16. The highest BCUT2D eigenvalue weighted by atomic mass is 35.5. The molecule has 124 valence electrons. The van der Waals surface area contributed by atoms with Crippen LogP contribution in [-0.2, 0) is 16.2 Å². The molecule has 0 aliphatic heterocycles. The SMILES string of the molecule is CCN(c1ccc(Cl)c(C(F)(F)F)c1)S(=O)(=O)c1ccccc1. The maximum absolute atomic E-state index is 13.0. The lowest BCUT2D eigenvalue weighted by atomic mass is 10.2. The number of halogens is 4. The fourth-order valence-electron chi connectivity index (χ4n) is 2.10. The number of hydrogen-bond donors (Lipinski definition) is 0. The van der Waals surface area contributed by atoms with Crippen molar-refractivity contribution in [3.8, 4) is 0 Å². The number of sulfonamides is 1. The van der Waals surface area contributed by atoms with Crippen LogP contribution < -0.4 is 4.31 Å². The van der Waals surface area contributed by atoms with E-state index in [1.165, 1.54) is 18.2 Å². The van der Waals surface area contributed by atoms with Gasteiger partial charge < -0.3 is 0 Å². The Bertz CT molecular complexity index is 792. The average Bonchev–Trinajstić information content (AvgIpc) is 2.49. The molecule has 0 aliphatic rings. The van der Waals surface area contributed by atoms with E-state index < -0.39 is 26.8 Å². The summed E-state index contributed by atoms with van der Waals surface area (Å²) in [6.45, 7) is 1.53. The van der Waals surface area contributed by atoms with E-state index in [1.807, 2.05) is 0 Å². The molecular formula is C15H13ClF3NO2S. The van der Waals surface area contributed by atoms with Gasteiger partial charge in [-0.1, -0.05) is 29.8 Å². The molecule has 0 N–H and O–H groups in total. The van der Waals surface area contributed by atoms with Crippen molar-refractivity contribution >= 4 is 27.3 Å². The van der Waals surface area contributed by atoms with E-state index >= 15 is 0 Å². The van der Waals surface area contributed by atoms with E-state index in [-0.39, 0.29) is 17.1 Å². The maximum atomic E-state index is 13.0. The number of nitrogens with zero attached hydrogens (tertiary/aromatic N) is 1. The van der Waals surface area contributed by atoms with E-state index in [0.717, 1.165) is 16.4 Å². The van der Waals surface area contributed by atoms with Crippen molar-refractivity contribution in [2.45, 2.75) is 18.0 Å². The van der Waals surface area contributed by atoms with E-state index in [0.29, 0.717) is 0 Å². The quantitative estimate of drug-likeness (QED) is 0.797. The molecule has 0 unspecified atom stereocenters. The summed E-state index contributed by atoms with van der Waals surface area (Å²) in [6.07, 6.45) is -4.66. The van der Waals surface area contributed by atoms with Gasteiger partial charge in [0.15, 0.2) is 0 Å². The first-order chi connectivity index (χ1) is 10.7. The standard InChI is InChI=1S/C15H13ClF3NO2S/c1-2-20(23(21,22)12-6-4-3-5-7-12)11-8-9-14(16)13(10-11)15(17,18)19/h3-10H,2H2,1H3. The molecule has 2 rings (SSSR count). The lowest BCUT2D eigenvalue weighted by Crippen LogP contribution is -2.31. The molecule has 0 saturated carbocycles. The molecule has 8 heteroatoms. The zero-order chi connectivity index (χ0) is 17.3. The molecule has 0 spiro atoms. The van der Waals surface area contributed by atoms with E-state index in [4.69, 9.17) is 11.6 Å². The first-order valence-corrected chi connectivity index (χ1v) is 8.44. The summed E-state index contributed by atoms with van der Waals surface area (Å²) in [5, 5.41) is -0.477. The van der Waals surface area contributed by atoms with Crippen LogP contribution in [-0.4, -0.2) is 15.0 Å². The number of anilines is 1. The van der Waals surface area contributed by atoms with Crippen LogP contribution in [0.5, 0.6) is 0 Å². The minimum absolute atomic E-state index is 0.00496. The van der Waals surface area contributed by atoms with Gasteiger partial charge in [0.2, 0.25) is 0 Å². The predicted molar refractivity (Wildman–Crippen MR) is 83.1 cm³/mol. The topological polar surface area (TPSA) is 37.4 Å². The Kier molecular flexibility index (Phi) is 4.91. The molecule has 23 heavy (non-hydrogen) atoms. The molecule has 0 fully saturated rings. The van der Waals surface area contributed by atoms with Gasteiger partial charge in [-0.2, -0.15) is 13.2 Å². The van der Waals surface area contributed by atoms with Crippen LogP contribution in [0.2, 0.25) is 5.02 Å². The fourth-order valence-corrected chi connectivity index (χ4v) is 3.81. The predicted octanol–water partition coefficient (Wildman–Crippen LogP) is 4.57. The van der Waals surface area contributed by atoms with Gasteiger partial charge in [-0.3, -0.25) is 4.31 Å². The van der Waals surface area contributed by atoms with Crippen molar-refractivity contribution in [1.82, 2.24) is 0 Å². The normalized spacial score (nSPS) is 12.2. The third kappa shape index (κ3) is 3.61. The Morgan fingerprint density at radius 1 is 1.09 bits per heavy atom. The molecule has 2 aromatic rings. The fraction of sp³-hybridized carbons (Fsp3) is 0.200. The van der Waals surface area contributed by atoms with Gasteiger partial charge in [0.1, 0.15) is 0 Å². The number of hydrogen-bond acceptors (Lipinski definition) is 2. The molecule has 0 radical (unpaired) electrons. The molecule has 0 bridgehead atoms. The summed E-state index contributed by atoms with van der Waals surface area (Å²) in [5.41, 5.74) is -1.16. The smallest absolute Gasteiger partial charge is 0.267 e. The molecule has 2 aromatic carbocycles. The molecular weight excluding hydrogens is 351 g/mol. The van der Waals surface area contributed by atoms with Crippen LogP contribution in [0, 0.1) is 0 Å². The average molecular weight is 364 g/mol. The van der Waals surface area contributed by atoms with E-state index in [1.54, 1.807) is 25.1 Å². The van der Waals surface area contributed by atoms with Crippen molar-refractivity contribution in [3.63, 3.8) is 0 Å². The monoisotopic (exact) mass is 363 g/mol. The Morgan fingerprint density at radius 3 is 2.22 bits per heavy atom. The van der Waals surface area contributed by atoms with Crippen LogP contribution in [0.1, 0.15) is 12.5 Å². The molecule has 3 nitrogen and oxygen atoms in total. The molecule has 0 aliphatic carbocycles. The first-order valence-electron chi connectivity index (χ1n) is 6.62. The summed E-state index contributed by atoms with van der Waals surface area (Å²) in [7, 11) is -3.96. The molecule has 0 saturated heterocycles. The van der Waals surface area contributed by atoms with Crippen LogP contribution in [0.15, 0.2) is 53.4 Å². The Balaban J connectivity index is 2.55. The van der Waals surface area contributed by atoms with Crippen LogP contribution in [0.4, 0.5) is 18.9 Å². The van der Waals surface area contributed by atoms with Crippen LogP contribution in [0.25, 0.3) is 0 Å². The second-order valence-corrected chi connectivity index (χ2v) is 6.91. The Morgan fingerprint density at radius 2 is 1.70 bits per heavy atom. The highest BCUT2D eigenvalue weighted by Crippen LogP contribution is 2.37. The van der Waals surface area contributed by atoms with Crippen molar-refractivity contribution in [3.05, 3.63) is 59.1 Å². The highest BCUT2D eigenvalue weighted by molar-refractivity contribution is 7.92. The zero-order valence-electron chi connectivity index (χ0n) is 12.0. The van der Waals surface area contributed by atoms with Gasteiger partial charge in [0, 0.05) is 6.54 Å². The van der Waals surface area contributed by atoms with E-state index in [9.17, 15) is 21.6 Å². The first kappa shape index (κ1) is 17.6. The van der Waals surface area contributed by atoms with Crippen molar-refractivity contribution in [1.29, 1.82) is 0 Å². The summed E-state index contributed by atoms with van der Waals surface area (Å²) in [4.78, 5) is 0.00496. The van der Waals surface area contributed by atoms with Crippen molar-refractivity contribution in [2.75, 3.05) is 10.8 Å². The van der Waals surface area contributed by atoms with Gasteiger partial charge in [0.25, 0.3) is 10.0 Å². The summed E-state index contributed by atoms with van der Waals surface area (Å²) in [5.74, 6) is 0. The number of rotatable bonds is 4. The highest BCUT2D eigenvalue weighted by Gasteiger charge is 2.34. The van der Waals surface area contributed by atoms with E-state index in [2.05, 4.69) is 0 Å². The lowest BCUT2D eigenvalue weighted by molar-refractivity contribution is -0.137. The molecule has 0 heterocycles.